The number of para-hydroxylation sites is 1. The van der Waals surface area contributed by atoms with E-state index in [4.69, 9.17) is 47.5 Å². The fraction of sp³-hybridized carbons (Fsp3) is 0.263. The third-order valence-electron chi connectivity index (χ3n) is 7.77. The molecule has 2 atom stereocenters. The molecule has 9 heteroatoms. The number of aliphatic imine (C=N–C) groups is 1. The van der Waals surface area contributed by atoms with E-state index in [0.717, 1.165) is 16.9 Å². The number of hydrogen-bond donors (Lipinski definition) is 2. The predicted octanol–water partition coefficient (Wildman–Crippen LogP) is 7.87. The van der Waals surface area contributed by atoms with Crippen molar-refractivity contribution in [3.8, 4) is 11.5 Å². The summed E-state index contributed by atoms with van der Waals surface area (Å²) in [6.07, 6.45) is 4.41. The molecule has 1 amide bonds. The summed E-state index contributed by atoms with van der Waals surface area (Å²) < 4.78 is 18.1. The Kier molecular flexibility index (Phi) is 12.0. The molecule has 4 aromatic carbocycles. The van der Waals surface area contributed by atoms with Gasteiger partial charge in [0.05, 0.1) is 13.2 Å². The number of benzene rings is 4. The van der Waals surface area contributed by atoms with E-state index in [2.05, 4.69) is 5.32 Å². The van der Waals surface area contributed by atoms with Crippen LogP contribution in [0.2, 0.25) is 10.0 Å². The van der Waals surface area contributed by atoms with Gasteiger partial charge < -0.3 is 24.6 Å². The van der Waals surface area contributed by atoms with Crippen molar-refractivity contribution < 1.29 is 24.1 Å². The standard InChI is InChI=1S/C38H38Cl2N2O5/c1-2-45-34-14-7-6-13-28(34)21-23-41-37(44)38(22-8-12-27-10-4-3-5-11-27)35(32-20-17-30(39)26-33(32)40)47-36(42-38)29-15-18-31(19-16-29)46-25-9-24-43/h3-8,10-20,26,35,43H,2,9,21-25H2,1H3,(H,41,44)/b12-8+/t35-,38-/m1/s1. The van der Waals surface area contributed by atoms with Crippen LogP contribution >= 0.6 is 23.2 Å². The van der Waals surface area contributed by atoms with Crippen LogP contribution in [0.15, 0.2) is 108 Å². The highest BCUT2D eigenvalue weighted by atomic mass is 35.5. The molecule has 47 heavy (non-hydrogen) atoms. The lowest BCUT2D eigenvalue weighted by atomic mass is 9.84. The molecule has 0 bridgehead atoms. The summed E-state index contributed by atoms with van der Waals surface area (Å²) in [6, 6.07) is 30.2. The Labute approximate surface area is 285 Å². The van der Waals surface area contributed by atoms with Gasteiger partial charge in [-0.3, -0.25) is 4.79 Å². The van der Waals surface area contributed by atoms with Gasteiger partial charge in [-0.1, -0.05) is 90.0 Å². The van der Waals surface area contributed by atoms with E-state index in [1.165, 1.54) is 0 Å². The molecule has 0 aliphatic carbocycles. The summed E-state index contributed by atoms with van der Waals surface area (Å²) in [6.45, 7) is 3.31. The van der Waals surface area contributed by atoms with Gasteiger partial charge in [-0.15, -0.1) is 0 Å². The van der Waals surface area contributed by atoms with Crippen molar-refractivity contribution in [2.24, 2.45) is 4.99 Å². The minimum Gasteiger partial charge on any atom is -0.494 e. The molecule has 0 aromatic heterocycles. The molecule has 1 aliphatic heterocycles. The highest BCUT2D eigenvalue weighted by Gasteiger charge is 2.53. The first-order valence-corrected chi connectivity index (χ1v) is 16.4. The molecule has 0 radical (unpaired) electrons. The molecule has 1 aliphatic rings. The molecule has 2 N–H and O–H groups in total. The number of rotatable bonds is 15. The van der Waals surface area contributed by atoms with E-state index in [0.29, 0.717) is 65.4 Å². The molecule has 0 fully saturated rings. The third kappa shape index (κ3) is 8.55. The van der Waals surface area contributed by atoms with Crippen molar-refractivity contribution >= 4 is 41.1 Å². The van der Waals surface area contributed by atoms with Gasteiger partial charge in [-0.2, -0.15) is 0 Å². The minimum atomic E-state index is -1.40. The van der Waals surface area contributed by atoms with Gasteiger partial charge in [-0.05, 0) is 66.9 Å². The Morgan fingerprint density at radius 2 is 1.77 bits per heavy atom. The largest absolute Gasteiger partial charge is 0.494 e. The molecule has 0 unspecified atom stereocenters. The number of ether oxygens (including phenoxy) is 3. The van der Waals surface area contributed by atoms with E-state index < -0.39 is 11.6 Å². The van der Waals surface area contributed by atoms with Crippen LogP contribution in [-0.2, 0) is 16.0 Å². The molecular weight excluding hydrogens is 635 g/mol. The van der Waals surface area contributed by atoms with Crippen molar-refractivity contribution in [3.05, 3.63) is 135 Å². The van der Waals surface area contributed by atoms with E-state index in [1.807, 2.05) is 97.9 Å². The molecule has 5 rings (SSSR count). The van der Waals surface area contributed by atoms with Gasteiger partial charge in [0, 0.05) is 47.2 Å². The van der Waals surface area contributed by atoms with Gasteiger partial charge in [-0.25, -0.2) is 4.99 Å². The molecular formula is C38H38Cl2N2O5. The zero-order chi connectivity index (χ0) is 33.1. The van der Waals surface area contributed by atoms with Crippen LogP contribution in [0, 0.1) is 0 Å². The summed E-state index contributed by atoms with van der Waals surface area (Å²) >= 11 is 13.0. The lowest BCUT2D eigenvalue weighted by molar-refractivity contribution is -0.128. The second kappa shape index (κ2) is 16.5. The lowest BCUT2D eigenvalue weighted by Crippen LogP contribution is -2.48. The molecule has 4 aromatic rings. The summed E-state index contributed by atoms with van der Waals surface area (Å²) in [5.41, 5.74) is 1.88. The number of halogens is 2. The number of hydrogen-bond acceptors (Lipinski definition) is 6. The number of amides is 1. The molecule has 7 nitrogen and oxygen atoms in total. The Morgan fingerprint density at radius 3 is 2.51 bits per heavy atom. The molecule has 1 heterocycles. The maximum absolute atomic E-state index is 14.5. The Hall–Kier alpha value is -4.30. The summed E-state index contributed by atoms with van der Waals surface area (Å²) in [4.78, 5) is 19.5. The quantitative estimate of drug-likeness (QED) is 0.125. The summed E-state index contributed by atoms with van der Waals surface area (Å²) in [7, 11) is 0. The SMILES string of the molecule is CCOc1ccccc1CCNC(=O)[C@]1(C/C=C/c2ccccc2)N=C(c2ccc(OCCCO)cc2)O[C@@H]1c1ccc(Cl)cc1Cl. The first kappa shape index (κ1) is 34.0. The topological polar surface area (TPSA) is 89.4 Å². The first-order valence-electron chi connectivity index (χ1n) is 15.7. The first-order chi connectivity index (χ1) is 22.9. The lowest BCUT2D eigenvalue weighted by Gasteiger charge is -2.30. The van der Waals surface area contributed by atoms with Crippen molar-refractivity contribution in [1.82, 2.24) is 5.32 Å². The second-order valence-electron chi connectivity index (χ2n) is 11.0. The highest BCUT2D eigenvalue weighted by Crippen LogP contribution is 2.45. The molecule has 0 saturated heterocycles. The number of nitrogens with one attached hydrogen (secondary N) is 1. The minimum absolute atomic E-state index is 0.0548. The maximum Gasteiger partial charge on any atom is 0.252 e. The molecule has 0 saturated carbocycles. The molecule has 0 spiro atoms. The average Bonchev–Trinajstić information content (AvgIpc) is 3.47. The Morgan fingerprint density at radius 1 is 1.00 bits per heavy atom. The highest BCUT2D eigenvalue weighted by molar-refractivity contribution is 6.35. The zero-order valence-electron chi connectivity index (χ0n) is 26.2. The summed E-state index contributed by atoms with van der Waals surface area (Å²) in [5, 5.41) is 13.1. The van der Waals surface area contributed by atoms with Crippen LogP contribution in [0.3, 0.4) is 0 Å². The second-order valence-corrected chi connectivity index (χ2v) is 11.9. The van der Waals surface area contributed by atoms with Crippen molar-refractivity contribution in [2.75, 3.05) is 26.4 Å². The molecule has 244 valence electrons. The van der Waals surface area contributed by atoms with Gasteiger partial charge in [0.2, 0.25) is 5.90 Å². The van der Waals surface area contributed by atoms with Gasteiger partial charge in [0.15, 0.2) is 11.6 Å². The van der Waals surface area contributed by atoms with E-state index >= 15 is 0 Å². The van der Waals surface area contributed by atoms with Gasteiger partial charge in [0.1, 0.15) is 11.5 Å². The van der Waals surface area contributed by atoms with Crippen LogP contribution < -0.4 is 14.8 Å². The smallest absolute Gasteiger partial charge is 0.252 e. The van der Waals surface area contributed by atoms with Gasteiger partial charge in [0.25, 0.3) is 5.91 Å². The van der Waals surface area contributed by atoms with Crippen molar-refractivity contribution in [2.45, 2.75) is 37.8 Å². The monoisotopic (exact) mass is 672 g/mol. The van der Waals surface area contributed by atoms with Crippen LogP contribution in [0.1, 0.15) is 48.1 Å². The van der Waals surface area contributed by atoms with Crippen molar-refractivity contribution in [1.29, 1.82) is 0 Å². The Bertz CT molecular complexity index is 1690. The van der Waals surface area contributed by atoms with E-state index in [9.17, 15) is 4.79 Å². The predicted molar refractivity (Wildman–Crippen MR) is 188 cm³/mol. The van der Waals surface area contributed by atoms with Crippen LogP contribution in [0.5, 0.6) is 11.5 Å². The van der Waals surface area contributed by atoms with Crippen molar-refractivity contribution in [3.63, 3.8) is 0 Å². The third-order valence-corrected chi connectivity index (χ3v) is 8.33. The fourth-order valence-electron chi connectivity index (χ4n) is 5.42. The normalized spacial score (nSPS) is 17.3. The average molecular weight is 674 g/mol. The van der Waals surface area contributed by atoms with E-state index in [1.54, 1.807) is 18.2 Å². The number of aliphatic hydroxyl groups excluding tert-OH is 1. The van der Waals surface area contributed by atoms with Gasteiger partial charge >= 0.3 is 0 Å². The number of carbonyl (C=O) groups excluding carboxylic acids is 1. The maximum atomic E-state index is 14.5. The number of carbonyl (C=O) groups is 1. The number of nitrogens with zero attached hydrogens (tertiary/aromatic N) is 1. The van der Waals surface area contributed by atoms with E-state index in [-0.39, 0.29) is 18.9 Å². The number of aliphatic hydroxyl groups is 1. The van der Waals surface area contributed by atoms with Crippen LogP contribution in [-0.4, -0.2) is 48.8 Å². The summed E-state index contributed by atoms with van der Waals surface area (Å²) in [5.74, 6) is 1.47. The zero-order valence-corrected chi connectivity index (χ0v) is 27.7. The van der Waals surface area contributed by atoms with Crippen LogP contribution in [0.25, 0.3) is 6.08 Å². The Balaban J connectivity index is 1.51. The van der Waals surface area contributed by atoms with Crippen LogP contribution in [0.4, 0.5) is 0 Å². The fourth-order valence-corrected chi connectivity index (χ4v) is 5.92.